The lowest BCUT2D eigenvalue weighted by Gasteiger charge is -2.16. The van der Waals surface area contributed by atoms with Crippen molar-refractivity contribution in [1.82, 2.24) is 19.5 Å². The number of hydrogen-bond donors (Lipinski definition) is 0. The number of para-hydroxylation sites is 1. The van der Waals surface area contributed by atoms with Crippen LogP contribution in [0.25, 0.3) is 21.3 Å². The van der Waals surface area contributed by atoms with Crippen molar-refractivity contribution in [1.29, 1.82) is 0 Å². The molecular formula is C28H23F3N4O2S. The molecule has 4 aromatic heterocycles. The van der Waals surface area contributed by atoms with Crippen molar-refractivity contribution in [2.45, 2.75) is 40.1 Å². The highest BCUT2D eigenvalue weighted by Gasteiger charge is 2.34. The van der Waals surface area contributed by atoms with E-state index in [1.54, 1.807) is 23.6 Å². The summed E-state index contributed by atoms with van der Waals surface area (Å²) in [5.41, 5.74) is 4.98. The number of hydrogen-bond acceptors (Lipinski definition) is 6. The largest absolute Gasteiger partial charge is 0.487 e. The molecule has 0 bridgehead atoms. The lowest BCUT2D eigenvalue weighted by molar-refractivity contribution is -0.138. The lowest BCUT2D eigenvalue weighted by Crippen LogP contribution is -2.29. The summed E-state index contributed by atoms with van der Waals surface area (Å²) in [6, 6.07) is 11.5. The summed E-state index contributed by atoms with van der Waals surface area (Å²) >= 11 is 1.56. The number of fused-ring (bicyclic) bond motifs is 1. The van der Waals surface area contributed by atoms with E-state index in [-0.39, 0.29) is 13.2 Å². The van der Waals surface area contributed by atoms with Gasteiger partial charge in [-0.05, 0) is 56.7 Å². The van der Waals surface area contributed by atoms with E-state index in [4.69, 9.17) is 9.72 Å². The van der Waals surface area contributed by atoms with Gasteiger partial charge in [0.15, 0.2) is 0 Å². The second kappa shape index (κ2) is 10.0. The molecule has 5 rings (SSSR count). The molecule has 0 saturated heterocycles. The van der Waals surface area contributed by atoms with Crippen molar-refractivity contribution >= 4 is 22.2 Å². The number of pyridine rings is 3. The quantitative estimate of drug-likeness (QED) is 0.248. The van der Waals surface area contributed by atoms with Gasteiger partial charge in [0, 0.05) is 34.6 Å². The van der Waals surface area contributed by atoms with Gasteiger partial charge >= 0.3 is 6.18 Å². The first kappa shape index (κ1) is 25.6. The molecular weight excluding hydrogens is 513 g/mol. The summed E-state index contributed by atoms with van der Waals surface area (Å²) in [6.45, 7) is 5.74. The number of aryl methyl sites for hydroxylation is 3. The van der Waals surface area contributed by atoms with E-state index in [0.29, 0.717) is 22.5 Å². The van der Waals surface area contributed by atoms with E-state index in [2.05, 4.69) is 9.97 Å². The maximum absolute atomic E-state index is 13.3. The Morgan fingerprint density at radius 1 is 1.05 bits per heavy atom. The monoisotopic (exact) mass is 536 g/mol. The number of aromatic nitrogens is 4. The molecule has 5 aromatic rings. The molecule has 6 nitrogen and oxygen atoms in total. The molecule has 0 spiro atoms. The van der Waals surface area contributed by atoms with Gasteiger partial charge in [0.25, 0.3) is 5.56 Å². The van der Waals surface area contributed by atoms with Gasteiger partial charge in [0.2, 0.25) is 0 Å². The van der Waals surface area contributed by atoms with Gasteiger partial charge in [-0.25, -0.2) is 9.97 Å². The minimum atomic E-state index is -4.73. The summed E-state index contributed by atoms with van der Waals surface area (Å²) in [5, 5.41) is 0.930. The van der Waals surface area contributed by atoms with E-state index >= 15 is 0 Å². The van der Waals surface area contributed by atoms with Crippen molar-refractivity contribution in [2.24, 2.45) is 0 Å². The molecule has 0 saturated carbocycles. The highest BCUT2D eigenvalue weighted by atomic mass is 32.1. The number of ether oxygens (including phenoxy) is 1. The Morgan fingerprint density at radius 2 is 1.87 bits per heavy atom. The molecule has 0 N–H and O–H groups in total. The predicted octanol–water partition coefficient (Wildman–Crippen LogP) is 6.49. The number of alkyl halides is 3. The second-order valence-corrected chi connectivity index (χ2v) is 9.78. The average Bonchev–Trinajstić information content (AvgIpc) is 3.29. The molecule has 194 valence electrons. The maximum atomic E-state index is 13.3. The number of benzene rings is 1. The molecule has 38 heavy (non-hydrogen) atoms. The first-order valence-corrected chi connectivity index (χ1v) is 12.6. The van der Waals surface area contributed by atoms with Crippen molar-refractivity contribution in [3.8, 4) is 16.2 Å². The van der Waals surface area contributed by atoms with E-state index in [1.807, 2.05) is 50.5 Å². The number of rotatable bonds is 6. The molecule has 4 heterocycles. The predicted molar refractivity (Wildman–Crippen MR) is 140 cm³/mol. The second-order valence-electron chi connectivity index (χ2n) is 8.92. The van der Waals surface area contributed by atoms with Crippen molar-refractivity contribution in [3.63, 3.8) is 0 Å². The fraction of sp³-hybridized carbons (Fsp3) is 0.214. The molecule has 0 radical (unpaired) electrons. The van der Waals surface area contributed by atoms with Crippen LogP contribution >= 0.6 is 11.3 Å². The smallest absolute Gasteiger partial charge is 0.421 e. The van der Waals surface area contributed by atoms with E-state index in [1.165, 1.54) is 12.3 Å². The Morgan fingerprint density at radius 3 is 2.61 bits per heavy atom. The van der Waals surface area contributed by atoms with Crippen LogP contribution < -0.4 is 10.3 Å². The summed E-state index contributed by atoms with van der Waals surface area (Å²) in [4.78, 5) is 27.1. The number of halogens is 3. The molecule has 0 aliphatic rings. The SMILES string of the molecule is Cc1cc(-c2scnc2C)c2cccc(OCc3c(C)ccnc3Cn3cccc(C(F)(F)F)c3=O)c2n1. The fourth-order valence-corrected chi connectivity index (χ4v) is 5.22. The van der Waals surface area contributed by atoms with E-state index < -0.39 is 17.3 Å². The van der Waals surface area contributed by atoms with Crippen LogP contribution in [0.5, 0.6) is 5.75 Å². The molecule has 0 amide bonds. The minimum Gasteiger partial charge on any atom is -0.487 e. The third-order valence-electron chi connectivity index (χ3n) is 6.32. The van der Waals surface area contributed by atoms with Gasteiger partial charge in [-0.1, -0.05) is 12.1 Å². The third-order valence-corrected chi connectivity index (χ3v) is 7.28. The standard InChI is InChI=1S/C28H23F3N4O2S/c1-16-9-10-32-23(13-35-11-5-7-22(27(35)36)28(29,30)31)21(16)14-37-24-8-4-6-19-20(12-17(2)34-25(19)24)26-18(3)33-15-38-26/h4-12,15H,13-14H2,1-3H3. The summed E-state index contributed by atoms with van der Waals surface area (Å²) < 4.78 is 47.0. The molecule has 0 aliphatic carbocycles. The van der Waals surface area contributed by atoms with Gasteiger partial charge in [-0.2, -0.15) is 13.2 Å². The van der Waals surface area contributed by atoms with E-state index in [0.717, 1.165) is 43.4 Å². The Balaban J connectivity index is 1.50. The van der Waals surface area contributed by atoms with Crippen molar-refractivity contribution < 1.29 is 17.9 Å². The van der Waals surface area contributed by atoms with Crippen LogP contribution in [0.1, 0.15) is 33.8 Å². The van der Waals surface area contributed by atoms with Gasteiger partial charge in [0.05, 0.1) is 28.3 Å². The van der Waals surface area contributed by atoms with Crippen LogP contribution in [0.15, 0.2) is 65.2 Å². The zero-order valence-electron chi connectivity index (χ0n) is 20.8. The third kappa shape index (κ3) is 4.91. The van der Waals surface area contributed by atoms with Gasteiger partial charge in [-0.15, -0.1) is 11.3 Å². The van der Waals surface area contributed by atoms with Crippen LogP contribution in [0.4, 0.5) is 13.2 Å². The first-order valence-electron chi connectivity index (χ1n) is 11.8. The molecule has 0 unspecified atom stereocenters. The van der Waals surface area contributed by atoms with Gasteiger partial charge in [0.1, 0.15) is 23.4 Å². The first-order chi connectivity index (χ1) is 18.1. The van der Waals surface area contributed by atoms with Crippen LogP contribution in [0, 0.1) is 20.8 Å². The zero-order chi connectivity index (χ0) is 27.0. The highest BCUT2D eigenvalue weighted by Crippen LogP contribution is 2.36. The molecule has 10 heteroatoms. The molecule has 1 aromatic carbocycles. The van der Waals surface area contributed by atoms with Gasteiger partial charge < -0.3 is 9.30 Å². The zero-order valence-corrected chi connectivity index (χ0v) is 21.7. The fourth-order valence-electron chi connectivity index (χ4n) is 4.38. The Labute approximate surface area is 220 Å². The Hall–Kier alpha value is -4.05. The molecule has 0 fully saturated rings. The topological polar surface area (TPSA) is 69.9 Å². The lowest BCUT2D eigenvalue weighted by atomic mass is 10.0. The highest BCUT2D eigenvalue weighted by molar-refractivity contribution is 7.13. The minimum absolute atomic E-state index is 0.104. The van der Waals surface area contributed by atoms with Crippen LogP contribution in [-0.4, -0.2) is 19.5 Å². The molecule has 0 atom stereocenters. The Bertz CT molecular complexity index is 1710. The maximum Gasteiger partial charge on any atom is 0.421 e. The normalized spacial score (nSPS) is 11.7. The van der Waals surface area contributed by atoms with Crippen LogP contribution in [-0.2, 0) is 19.3 Å². The van der Waals surface area contributed by atoms with Crippen molar-refractivity contribution in [2.75, 3.05) is 0 Å². The van der Waals surface area contributed by atoms with Crippen molar-refractivity contribution in [3.05, 3.63) is 104 Å². The summed E-state index contributed by atoms with van der Waals surface area (Å²) in [5.74, 6) is 0.569. The van der Waals surface area contributed by atoms with E-state index in [9.17, 15) is 18.0 Å². The number of nitrogens with zero attached hydrogens (tertiary/aromatic N) is 4. The molecule has 0 aliphatic heterocycles. The summed E-state index contributed by atoms with van der Waals surface area (Å²) in [7, 11) is 0. The van der Waals surface area contributed by atoms with Gasteiger partial charge in [-0.3, -0.25) is 9.78 Å². The number of thiazole rings is 1. The summed E-state index contributed by atoms with van der Waals surface area (Å²) in [6.07, 6.45) is -1.84. The average molecular weight is 537 g/mol. The van der Waals surface area contributed by atoms with Crippen LogP contribution in [0.2, 0.25) is 0 Å². The Kier molecular flexibility index (Phi) is 6.75. The van der Waals surface area contributed by atoms with Crippen LogP contribution in [0.3, 0.4) is 0 Å².